The maximum Gasteiger partial charge on any atom is 0.0847 e. The Morgan fingerprint density at radius 3 is 2.84 bits per heavy atom. The fourth-order valence-corrected chi connectivity index (χ4v) is 3.54. The van der Waals surface area contributed by atoms with Gasteiger partial charge in [0.25, 0.3) is 0 Å². The first-order chi connectivity index (χ1) is 9.02. The molecule has 3 unspecified atom stereocenters. The normalized spacial score (nSPS) is 25.5. The molecule has 2 rings (SSSR count). The van der Waals surface area contributed by atoms with Crippen LogP contribution in [0.3, 0.4) is 0 Å². The maximum atomic E-state index is 6.44. The van der Waals surface area contributed by atoms with Crippen LogP contribution in [0.1, 0.15) is 50.9 Å². The van der Waals surface area contributed by atoms with Gasteiger partial charge < -0.3 is 5.73 Å². The van der Waals surface area contributed by atoms with E-state index >= 15 is 0 Å². The molecule has 0 radical (unpaired) electrons. The molecule has 0 spiro atoms. The van der Waals surface area contributed by atoms with Crippen LogP contribution in [0.4, 0.5) is 0 Å². The van der Waals surface area contributed by atoms with E-state index in [1.807, 2.05) is 11.6 Å². The van der Waals surface area contributed by atoms with E-state index in [1.165, 1.54) is 25.7 Å². The molecule has 0 saturated heterocycles. The Bertz CT molecular complexity index is 427. The molecule has 0 amide bonds. The molecule has 0 aliphatic heterocycles. The molecule has 108 valence electrons. The minimum absolute atomic E-state index is 0.210. The highest BCUT2D eigenvalue weighted by Gasteiger charge is 2.26. The average molecular weight is 284 g/mol. The first-order valence-electron chi connectivity index (χ1n) is 7.50. The fourth-order valence-electron chi connectivity index (χ4n) is 3.32. The average Bonchev–Trinajstić information content (AvgIpc) is 2.66. The predicted octanol–water partition coefficient (Wildman–Crippen LogP) is 3.56. The van der Waals surface area contributed by atoms with Crippen molar-refractivity contribution in [3.05, 3.63) is 16.4 Å². The first-order valence-corrected chi connectivity index (χ1v) is 7.88. The van der Waals surface area contributed by atoms with Crippen LogP contribution in [0.2, 0.25) is 5.02 Å². The van der Waals surface area contributed by atoms with Gasteiger partial charge in [-0.1, -0.05) is 31.4 Å². The third-order valence-electron chi connectivity index (χ3n) is 4.46. The van der Waals surface area contributed by atoms with Crippen molar-refractivity contribution in [1.29, 1.82) is 0 Å². The van der Waals surface area contributed by atoms with Crippen molar-refractivity contribution in [2.75, 3.05) is 0 Å². The van der Waals surface area contributed by atoms with E-state index in [9.17, 15) is 0 Å². The Morgan fingerprint density at radius 1 is 1.47 bits per heavy atom. The van der Waals surface area contributed by atoms with E-state index < -0.39 is 0 Å². The third kappa shape index (κ3) is 3.32. The second-order valence-corrected chi connectivity index (χ2v) is 6.44. The van der Waals surface area contributed by atoms with Crippen LogP contribution < -0.4 is 5.73 Å². The van der Waals surface area contributed by atoms with Crippen LogP contribution in [0.25, 0.3) is 0 Å². The molecule has 0 bridgehead atoms. The Hall–Kier alpha value is -0.540. The van der Waals surface area contributed by atoms with Gasteiger partial charge in [0.15, 0.2) is 0 Å². The summed E-state index contributed by atoms with van der Waals surface area (Å²) in [6.07, 6.45) is 6.06. The minimum Gasteiger partial charge on any atom is -0.327 e. The second kappa shape index (κ2) is 6.27. The van der Waals surface area contributed by atoms with Crippen molar-refractivity contribution in [1.82, 2.24) is 9.78 Å². The van der Waals surface area contributed by atoms with Gasteiger partial charge in [-0.25, -0.2) is 0 Å². The zero-order valence-electron chi connectivity index (χ0n) is 12.3. The minimum atomic E-state index is 0.210. The Kier molecular flexibility index (Phi) is 4.91. The lowest BCUT2D eigenvalue weighted by Gasteiger charge is -2.31. The van der Waals surface area contributed by atoms with E-state index in [0.717, 1.165) is 35.3 Å². The van der Waals surface area contributed by atoms with Crippen LogP contribution in [-0.4, -0.2) is 15.8 Å². The molecule has 3 atom stereocenters. The highest BCUT2D eigenvalue weighted by atomic mass is 35.5. The number of halogens is 1. The molecule has 3 nitrogen and oxygen atoms in total. The zero-order chi connectivity index (χ0) is 14.0. The largest absolute Gasteiger partial charge is 0.327 e. The highest BCUT2D eigenvalue weighted by Crippen LogP contribution is 2.32. The third-order valence-corrected chi connectivity index (χ3v) is 4.96. The summed E-state index contributed by atoms with van der Waals surface area (Å²) in [7, 11) is 0. The van der Waals surface area contributed by atoms with Gasteiger partial charge in [-0.05, 0) is 38.5 Å². The summed E-state index contributed by atoms with van der Waals surface area (Å²) >= 11 is 6.37. The number of hydrogen-bond acceptors (Lipinski definition) is 2. The Labute approximate surface area is 121 Å². The number of hydrogen-bond donors (Lipinski definition) is 1. The molecule has 1 aromatic rings. The van der Waals surface area contributed by atoms with E-state index in [-0.39, 0.29) is 6.04 Å². The first kappa shape index (κ1) is 14.9. The number of nitrogens with two attached hydrogens (primary N) is 1. The van der Waals surface area contributed by atoms with Gasteiger partial charge in [0, 0.05) is 19.0 Å². The van der Waals surface area contributed by atoms with E-state index in [1.54, 1.807) is 0 Å². The number of nitrogens with zero attached hydrogens (tertiary/aromatic N) is 2. The van der Waals surface area contributed by atoms with Gasteiger partial charge in [0.2, 0.25) is 0 Å². The van der Waals surface area contributed by atoms with Gasteiger partial charge in [0.1, 0.15) is 0 Å². The summed E-state index contributed by atoms with van der Waals surface area (Å²) in [4.78, 5) is 0. The molecule has 1 aromatic heterocycles. The molecule has 1 heterocycles. The van der Waals surface area contributed by atoms with Crippen molar-refractivity contribution >= 4 is 11.6 Å². The summed E-state index contributed by atoms with van der Waals surface area (Å²) in [6.45, 7) is 7.26. The fraction of sp³-hybridized carbons (Fsp3) is 0.800. The van der Waals surface area contributed by atoms with Crippen molar-refractivity contribution < 1.29 is 0 Å². The summed E-state index contributed by atoms with van der Waals surface area (Å²) in [5.41, 5.74) is 8.48. The van der Waals surface area contributed by atoms with Crippen molar-refractivity contribution in [3.63, 3.8) is 0 Å². The standard InChI is InChI=1S/C15H26ClN3/c1-4-19-14(15(16)11(3)18-19)9-13(17)12-7-5-6-10(2)8-12/h10,12-13H,4-9,17H2,1-3H3. The van der Waals surface area contributed by atoms with Gasteiger partial charge in [-0.15, -0.1) is 0 Å². The molecule has 1 saturated carbocycles. The van der Waals surface area contributed by atoms with Crippen molar-refractivity contribution in [2.24, 2.45) is 17.6 Å². The molecule has 0 aromatic carbocycles. The lowest BCUT2D eigenvalue weighted by molar-refractivity contribution is 0.244. The Balaban J connectivity index is 2.07. The number of aryl methyl sites for hydroxylation is 2. The number of aromatic nitrogens is 2. The zero-order valence-corrected chi connectivity index (χ0v) is 13.1. The van der Waals surface area contributed by atoms with Crippen LogP contribution in [0.5, 0.6) is 0 Å². The van der Waals surface area contributed by atoms with Crippen molar-refractivity contribution in [3.8, 4) is 0 Å². The van der Waals surface area contributed by atoms with Crippen molar-refractivity contribution in [2.45, 2.75) is 65.5 Å². The molecule has 19 heavy (non-hydrogen) atoms. The summed E-state index contributed by atoms with van der Waals surface area (Å²) < 4.78 is 2.00. The van der Waals surface area contributed by atoms with E-state index in [4.69, 9.17) is 17.3 Å². The molecule has 1 aliphatic carbocycles. The monoisotopic (exact) mass is 283 g/mol. The van der Waals surface area contributed by atoms with Crippen LogP contribution in [0, 0.1) is 18.8 Å². The molecule has 4 heteroatoms. The second-order valence-electron chi connectivity index (χ2n) is 6.06. The Morgan fingerprint density at radius 2 is 2.21 bits per heavy atom. The molecule has 2 N–H and O–H groups in total. The lowest BCUT2D eigenvalue weighted by Crippen LogP contribution is -2.35. The van der Waals surface area contributed by atoms with Crippen LogP contribution in [-0.2, 0) is 13.0 Å². The molecule has 1 fully saturated rings. The smallest absolute Gasteiger partial charge is 0.0847 e. The lowest BCUT2D eigenvalue weighted by atomic mass is 9.78. The number of rotatable bonds is 4. The molecular weight excluding hydrogens is 258 g/mol. The summed E-state index contributed by atoms with van der Waals surface area (Å²) in [5.74, 6) is 1.46. The topological polar surface area (TPSA) is 43.8 Å². The van der Waals surface area contributed by atoms with Crippen LogP contribution >= 0.6 is 11.6 Å². The summed E-state index contributed by atoms with van der Waals surface area (Å²) in [5, 5.41) is 5.28. The summed E-state index contributed by atoms with van der Waals surface area (Å²) in [6, 6.07) is 0.210. The van der Waals surface area contributed by atoms with Crippen LogP contribution in [0.15, 0.2) is 0 Å². The van der Waals surface area contributed by atoms with E-state index in [0.29, 0.717) is 5.92 Å². The SMILES string of the molecule is CCn1nc(C)c(Cl)c1CC(N)C1CCCC(C)C1. The van der Waals surface area contributed by atoms with E-state index in [2.05, 4.69) is 18.9 Å². The predicted molar refractivity (Wildman–Crippen MR) is 80.4 cm³/mol. The van der Waals surface area contributed by atoms with Gasteiger partial charge in [-0.3, -0.25) is 4.68 Å². The highest BCUT2D eigenvalue weighted by molar-refractivity contribution is 6.31. The van der Waals surface area contributed by atoms with Gasteiger partial charge in [-0.2, -0.15) is 5.10 Å². The quantitative estimate of drug-likeness (QED) is 0.918. The van der Waals surface area contributed by atoms with Gasteiger partial charge in [0.05, 0.1) is 16.4 Å². The van der Waals surface area contributed by atoms with Gasteiger partial charge >= 0.3 is 0 Å². The molecule has 1 aliphatic rings. The maximum absolute atomic E-state index is 6.44. The molecular formula is C15H26ClN3.